The lowest BCUT2D eigenvalue weighted by Gasteiger charge is -2.18. The number of hydrogen-bond donors (Lipinski definition) is 0. The molecule has 168 valence electrons. The summed E-state index contributed by atoms with van der Waals surface area (Å²) in [5, 5.41) is 1.80. The van der Waals surface area contributed by atoms with Crippen LogP contribution in [0.25, 0.3) is 21.9 Å². The van der Waals surface area contributed by atoms with Gasteiger partial charge in [-0.25, -0.2) is 9.59 Å². The molecule has 0 radical (unpaired) electrons. The second-order valence-electron chi connectivity index (χ2n) is 8.33. The van der Waals surface area contributed by atoms with Crippen LogP contribution in [0.3, 0.4) is 0 Å². The molecule has 4 aromatic rings. The van der Waals surface area contributed by atoms with E-state index < -0.39 is 5.84 Å². The van der Waals surface area contributed by atoms with Crippen LogP contribution in [0.2, 0.25) is 0 Å². The van der Waals surface area contributed by atoms with Gasteiger partial charge >= 0.3 is 17.1 Å². The summed E-state index contributed by atoms with van der Waals surface area (Å²) in [5.41, 5.74) is 3.86. The molecule has 0 unspecified atom stereocenters. The highest BCUT2D eigenvalue weighted by Gasteiger charge is 2.24. The van der Waals surface area contributed by atoms with Gasteiger partial charge in [-0.3, -0.25) is 0 Å². The van der Waals surface area contributed by atoms with Gasteiger partial charge in [-0.05, 0) is 85.2 Å². The Morgan fingerprint density at radius 2 is 1.15 bits per heavy atom. The van der Waals surface area contributed by atoms with Crippen molar-refractivity contribution in [3.8, 4) is 11.5 Å². The Balaban J connectivity index is 1.29. The highest BCUT2D eigenvalue weighted by Crippen LogP contribution is 2.54. The fourth-order valence-electron chi connectivity index (χ4n) is 4.91. The Kier molecular flexibility index (Phi) is 4.91. The lowest BCUT2D eigenvalue weighted by atomic mass is 10.1. The average molecular weight is 501 g/mol. The summed E-state index contributed by atoms with van der Waals surface area (Å²) in [6, 6.07) is 10.4. The molecule has 0 N–H and O–H groups in total. The smallest absolute Gasteiger partial charge is 0.384 e. The lowest BCUT2D eigenvalue weighted by Crippen LogP contribution is -2.07. The molecule has 0 atom stereocenters. The quantitative estimate of drug-likeness (QED) is 0.259. The third-order valence-electron chi connectivity index (χ3n) is 6.32. The molecule has 0 bridgehead atoms. The van der Waals surface area contributed by atoms with Crippen molar-refractivity contribution in [2.75, 3.05) is 0 Å². The first-order valence-corrected chi connectivity index (χ1v) is 14.3. The highest BCUT2D eigenvalue weighted by molar-refractivity contribution is 8.22. The van der Waals surface area contributed by atoms with Crippen molar-refractivity contribution in [2.24, 2.45) is 0 Å². The minimum atomic E-state index is -3.28. The average Bonchev–Trinajstić information content (AvgIpc) is 3.44. The predicted molar refractivity (Wildman–Crippen MR) is 130 cm³/mol. The minimum Gasteiger partial charge on any atom is -0.424 e. The predicted octanol–water partition coefficient (Wildman–Crippen LogP) is 5.80. The third kappa shape index (κ3) is 3.68. The molecule has 2 aromatic carbocycles. The van der Waals surface area contributed by atoms with Gasteiger partial charge in [0.2, 0.25) is 0 Å². The number of fused-ring (bicyclic) bond motifs is 6. The van der Waals surface area contributed by atoms with E-state index in [1.807, 2.05) is 12.1 Å². The van der Waals surface area contributed by atoms with E-state index in [2.05, 4.69) is 0 Å². The van der Waals surface area contributed by atoms with Crippen LogP contribution in [0, 0.1) is 0 Å². The molecule has 6 nitrogen and oxygen atoms in total. The van der Waals surface area contributed by atoms with Gasteiger partial charge in [0.15, 0.2) is 0 Å². The molecule has 0 spiro atoms. The van der Waals surface area contributed by atoms with Crippen molar-refractivity contribution in [1.82, 2.24) is 0 Å². The number of hydrogen-bond acceptors (Lipinski definition) is 7. The minimum absolute atomic E-state index is 0.308. The number of halogens is 1. The Bertz CT molecular complexity index is 1500. The Hall–Kier alpha value is -2.60. The zero-order chi connectivity index (χ0) is 22.7. The lowest BCUT2D eigenvalue weighted by molar-refractivity contribution is 0.501. The molecule has 0 amide bonds. The van der Waals surface area contributed by atoms with Gasteiger partial charge in [-0.1, -0.05) is 0 Å². The summed E-state index contributed by atoms with van der Waals surface area (Å²) in [6.45, 7) is 0. The monoisotopic (exact) mass is 500 g/mol. The van der Waals surface area contributed by atoms with Crippen LogP contribution in [0.4, 0.5) is 0 Å². The van der Waals surface area contributed by atoms with Crippen molar-refractivity contribution in [3.05, 3.63) is 79.5 Å². The van der Waals surface area contributed by atoms with Gasteiger partial charge in [0.25, 0.3) is 0 Å². The molecule has 9 heteroatoms. The van der Waals surface area contributed by atoms with Crippen LogP contribution >= 0.6 is 17.1 Å². The molecule has 2 aromatic heterocycles. The molecular formula is C24H18ClO6PS. The van der Waals surface area contributed by atoms with Crippen molar-refractivity contribution < 1.29 is 17.9 Å². The third-order valence-corrected chi connectivity index (χ3v) is 8.04. The van der Waals surface area contributed by atoms with E-state index in [0.29, 0.717) is 22.7 Å². The number of aryl methyl sites for hydroxylation is 2. The zero-order valence-corrected chi connectivity index (χ0v) is 19.9. The first-order chi connectivity index (χ1) is 15.9. The number of benzene rings is 2. The SMILES string of the molecule is O=c1oc2cc(OP(=S)(Cl)Oc3ccc4c5c(c(=O)oc4c3)CCC5)ccc2c2c1CCC2. The second kappa shape index (κ2) is 7.73. The highest BCUT2D eigenvalue weighted by atomic mass is 35.7. The molecular weight excluding hydrogens is 483 g/mol. The van der Waals surface area contributed by atoms with Crippen LogP contribution in [-0.4, -0.2) is 0 Å². The molecule has 0 saturated heterocycles. The molecule has 2 aliphatic rings. The summed E-state index contributed by atoms with van der Waals surface area (Å²) in [6.07, 6.45) is 5.10. The summed E-state index contributed by atoms with van der Waals surface area (Å²) in [5.74, 6) is -2.57. The second-order valence-corrected chi connectivity index (χ2v) is 12.9. The van der Waals surface area contributed by atoms with Crippen LogP contribution in [0.1, 0.15) is 35.1 Å². The van der Waals surface area contributed by atoms with Gasteiger partial charge in [-0.2, -0.15) is 0 Å². The fraction of sp³-hybridized carbons (Fsp3) is 0.250. The standard InChI is InChI=1S/C24H18ClO6PS/c25-32(33,30-13-7-9-17-15-3-1-5-19(15)23(26)28-21(17)11-13)31-14-8-10-18-16-4-2-6-20(16)24(27)29-22(18)12-14/h7-12H,1-6H2. The Labute approximate surface area is 198 Å². The Morgan fingerprint density at radius 3 is 1.61 bits per heavy atom. The molecule has 2 aliphatic carbocycles. The van der Waals surface area contributed by atoms with Crippen LogP contribution < -0.4 is 20.3 Å². The van der Waals surface area contributed by atoms with E-state index in [0.717, 1.165) is 71.6 Å². The van der Waals surface area contributed by atoms with Gasteiger partial charge in [0.1, 0.15) is 22.7 Å². The van der Waals surface area contributed by atoms with Gasteiger partial charge < -0.3 is 17.9 Å². The van der Waals surface area contributed by atoms with Crippen molar-refractivity contribution in [1.29, 1.82) is 0 Å². The maximum Gasteiger partial charge on any atom is 0.384 e. The maximum atomic E-state index is 12.3. The molecule has 0 fully saturated rings. The van der Waals surface area contributed by atoms with Crippen molar-refractivity contribution >= 4 is 50.8 Å². The summed E-state index contributed by atoms with van der Waals surface area (Å²) in [7, 11) is 0. The van der Waals surface area contributed by atoms with E-state index in [1.165, 1.54) is 0 Å². The summed E-state index contributed by atoms with van der Waals surface area (Å²) >= 11 is 11.9. The van der Waals surface area contributed by atoms with Crippen LogP contribution in [0.5, 0.6) is 11.5 Å². The van der Waals surface area contributed by atoms with Crippen molar-refractivity contribution in [3.63, 3.8) is 0 Å². The van der Waals surface area contributed by atoms with E-state index in [9.17, 15) is 9.59 Å². The van der Waals surface area contributed by atoms with E-state index in [-0.39, 0.29) is 11.3 Å². The van der Waals surface area contributed by atoms with Gasteiger partial charge in [-0.15, -0.1) is 0 Å². The number of rotatable bonds is 4. The van der Waals surface area contributed by atoms with Crippen LogP contribution in [0.15, 0.2) is 54.8 Å². The van der Waals surface area contributed by atoms with Gasteiger partial charge in [0.05, 0.1) is 0 Å². The summed E-state index contributed by atoms with van der Waals surface area (Å²) < 4.78 is 22.6. The van der Waals surface area contributed by atoms with Gasteiger partial charge in [0, 0.05) is 45.8 Å². The molecule has 33 heavy (non-hydrogen) atoms. The molecule has 0 aliphatic heterocycles. The van der Waals surface area contributed by atoms with E-state index >= 15 is 0 Å². The molecule has 6 rings (SSSR count). The van der Waals surface area contributed by atoms with E-state index in [1.54, 1.807) is 24.3 Å². The first kappa shape index (κ1) is 21.0. The summed E-state index contributed by atoms with van der Waals surface area (Å²) in [4.78, 5) is 24.5. The maximum absolute atomic E-state index is 12.3. The topological polar surface area (TPSA) is 78.9 Å². The van der Waals surface area contributed by atoms with Crippen LogP contribution in [-0.2, 0) is 37.5 Å². The fourth-order valence-corrected chi connectivity index (χ4v) is 6.67. The molecule has 0 saturated carbocycles. The normalized spacial score (nSPS) is 15.1. The van der Waals surface area contributed by atoms with E-state index in [4.69, 9.17) is 40.9 Å². The molecule has 2 heterocycles. The first-order valence-electron chi connectivity index (χ1n) is 10.7. The Morgan fingerprint density at radius 1 is 0.727 bits per heavy atom. The van der Waals surface area contributed by atoms with Crippen molar-refractivity contribution in [2.45, 2.75) is 38.5 Å². The zero-order valence-electron chi connectivity index (χ0n) is 17.4. The largest absolute Gasteiger partial charge is 0.424 e.